The van der Waals surface area contributed by atoms with Gasteiger partial charge in [-0.3, -0.25) is 14.4 Å². The van der Waals surface area contributed by atoms with Crippen LogP contribution in [0.3, 0.4) is 0 Å². The lowest BCUT2D eigenvalue weighted by Gasteiger charge is -2.34. The summed E-state index contributed by atoms with van der Waals surface area (Å²) in [4.78, 5) is 46.7. The van der Waals surface area contributed by atoms with Crippen LogP contribution in [0.4, 0.5) is 5.69 Å². The lowest BCUT2D eigenvalue weighted by molar-refractivity contribution is -0.137. The van der Waals surface area contributed by atoms with Gasteiger partial charge in [-0.25, -0.2) is 9.67 Å². The smallest absolute Gasteiger partial charge is 0.287 e. The summed E-state index contributed by atoms with van der Waals surface area (Å²) in [6.45, 7) is 4.06. The average Bonchev–Trinajstić information content (AvgIpc) is 3.48. The van der Waals surface area contributed by atoms with Gasteiger partial charge in [0.05, 0.1) is 11.3 Å². The highest BCUT2D eigenvalue weighted by molar-refractivity contribution is 6.38. The Bertz CT molecular complexity index is 1490. The van der Waals surface area contributed by atoms with Gasteiger partial charge >= 0.3 is 0 Å². The Morgan fingerprint density at radius 1 is 0.925 bits per heavy atom. The summed E-state index contributed by atoms with van der Waals surface area (Å²) in [5.74, 6) is -2.25. The second kappa shape index (κ2) is 11.9. The normalized spacial score (nSPS) is 14.5. The molecule has 2 aromatic carbocycles. The van der Waals surface area contributed by atoms with Gasteiger partial charge in [0.2, 0.25) is 5.78 Å². The summed E-state index contributed by atoms with van der Waals surface area (Å²) in [6.07, 6.45) is 3.42. The number of rotatable bonds is 9. The molecule has 1 aliphatic heterocycles. The molecule has 0 aliphatic carbocycles. The van der Waals surface area contributed by atoms with E-state index in [1.54, 1.807) is 24.5 Å². The molecule has 5 rings (SSSR count). The Hall–Kier alpha value is -4.83. The first-order chi connectivity index (χ1) is 19.4. The van der Waals surface area contributed by atoms with Crippen molar-refractivity contribution in [3.63, 3.8) is 0 Å². The van der Waals surface area contributed by atoms with E-state index < -0.39 is 23.6 Å². The SMILES string of the molecule is CN1CCN(c2ccc(-c3ccn(-c4ncccc4C(=O)NC(Cc4ccccc4)C(=O)C(N)=O)n3)cc2)CC1. The number of hydrogen-bond donors (Lipinski definition) is 2. The van der Waals surface area contributed by atoms with E-state index in [0.29, 0.717) is 5.82 Å². The molecule has 1 aliphatic rings. The van der Waals surface area contributed by atoms with E-state index in [9.17, 15) is 14.4 Å². The number of amides is 2. The Morgan fingerprint density at radius 3 is 2.35 bits per heavy atom. The van der Waals surface area contributed by atoms with E-state index in [2.05, 4.69) is 44.4 Å². The van der Waals surface area contributed by atoms with Crippen LogP contribution in [0, 0.1) is 0 Å². The zero-order valence-electron chi connectivity index (χ0n) is 22.2. The van der Waals surface area contributed by atoms with Crippen molar-refractivity contribution in [1.29, 1.82) is 0 Å². The number of aromatic nitrogens is 3. The molecule has 0 saturated carbocycles. The molecule has 1 fully saturated rings. The topological polar surface area (TPSA) is 126 Å². The minimum absolute atomic E-state index is 0.125. The van der Waals surface area contributed by atoms with Gasteiger partial charge in [-0.1, -0.05) is 42.5 Å². The van der Waals surface area contributed by atoms with Crippen LogP contribution in [0.1, 0.15) is 15.9 Å². The van der Waals surface area contributed by atoms with Crippen LogP contribution in [-0.4, -0.2) is 76.5 Å². The number of primary amides is 1. The highest BCUT2D eigenvalue weighted by atomic mass is 16.2. The lowest BCUT2D eigenvalue weighted by Crippen LogP contribution is -2.47. The van der Waals surface area contributed by atoms with E-state index in [1.807, 2.05) is 48.5 Å². The molecule has 1 atom stereocenters. The van der Waals surface area contributed by atoms with E-state index in [-0.39, 0.29) is 12.0 Å². The van der Waals surface area contributed by atoms with Crippen molar-refractivity contribution >= 4 is 23.3 Å². The first-order valence-corrected chi connectivity index (χ1v) is 13.1. The molecule has 204 valence electrons. The van der Waals surface area contributed by atoms with Crippen molar-refractivity contribution in [1.82, 2.24) is 25.0 Å². The van der Waals surface area contributed by atoms with Gasteiger partial charge in [0, 0.05) is 56.2 Å². The van der Waals surface area contributed by atoms with Gasteiger partial charge in [0.1, 0.15) is 6.04 Å². The summed E-state index contributed by atoms with van der Waals surface area (Å²) in [6, 6.07) is 21.3. The molecule has 3 N–H and O–H groups in total. The lowest BCUT2D eigenvalue weighted by atomic mass is 10.0. The Labute approximate surface area is 232 Å². The number of ketones is 1. The Kier molecular flexibility index (Phi) is 7.97. The molecule has 2 amide bonds. The number of carbonyl (C=O) groups excluding carboxylic acids is 3. The number of piperazine rings is 1. The highest BCUT2D eigenvalue weighted by Crippen LogP contribution is 2.24. The van der Waals surface area contributed by atoms with Gasteiger partial charge in [-0.2, -0.15) is 5.10 Å². The number of Topliss-reactive ketones (excluding diaryl/α,β-unsaturated/α-hetero) is 1. The van der Waals surface area contributed by atoms with Crippen LogP contribution >= 0.6 is 0 Å². The zero-order valence-corrected chi connectivity index (χ0v) is 22.2. The van der Waals surface area contributed by atoms with Crippen molar-refractivity contribution in [3.05, 3.63) is 96.3 Å². The largest absolute Gasteiger partial charge is 0.369 e. The van der Waals surface area contributed by atoms with Gasteiger partial charge in [-0.05, 0) is 42.9 Å². The van der Waals surface area contributed by atoms with Gasteiger partial charge in [0.25, 0.3) is 11.8 Å². The summed E-state index contributed by atoms with van der Waals surface area (Å²) in [5, 5.41) is 7.34. The van der Waals surface area contributed by atoms with Crippen LogP contribution in [0.15, 0.2) is 85.2 Å². The molecule has 0 spiro atoms. The third-order valence-corrected chi connectivity index (χ3v) is 7.02. The van der Waals surface area contributed by atoms with Gasteiger partial charge < -0.3 is 20.9 Å². The Balaban J connectivity index is 1.34. The highest BCUT2D eigenvalue weighted by Gasteiger charge is 2.27. The number of likely N-dealkylation sites (N-methyl/N-ethyl adjacent to an activating group) is 1. The van der Waals surface area contributed by atoms with Crippen molar-refractivity contribution in [2.24, 2.45) is 5.73 Å². The van der Waals surface area contributed by atoms with E-state index in [1.165, 1.54) is 10.4 Å². The van der Waals surface area contributed by atoms with Crippen LogP contribution in [0.5, 0.6) is 0 Å². The molecule has 4 aromatic rings. The third kappa shape index (κ3) is 6.08. The maximum absolute atomic E-state index is 13.3. The van der Waals surface area contributed by atoms with Crippen LogP contribution in [0.2, 0.25) is 0 Å². The first-order valence-electron chi connectivity index (χ1n) is 13.1. The number of benzene rings is 2. The number of nitrogens with two attached hydrogens (primary N) is 1. The summed E-state index contributed by atoms with van der Waals surface area (Å²) < 4.78 is 1.53. The van der Waals surface area contributed by atoms with Gasteiger partial charge in [0.15, 0.2) is 5.82 Å². The van der Waals surface area contributed by atoms with E-state index in [4.69, 9.17) is 5.73 Å². The number of anilines is 1. The summed E-state index contributed by atoms with van der Waals surface area (Å²) in [7, 11) is 2.14. The Morgan fingerprint density at radius 2 is 1.65 bits per heavy atom. The van der Waals surface area contributed by atoms with Crippen molar-refractivity contribution in [2.75, 3.05) is 38.1 Å². The molecule has 10 heteroatoms. The molecule has 2 aromatic heterocycles. The number of hydrogen-bond acceptors (Lipinski definition) is 7. The maximum Gasteiger partial charge on any atom is 0.287 e. The second-order valence-corrected chi connectivity index (χ2v) is 9.80. The maximum atomic E-state index is 13.3. The summed E-state index contributed by atoms with van der Waals surface area (Å²) >= 11 is 0. The molecule has 0 bridgehead atoms. The van der Waals surface area contributed by atoms with Crippen LogP contribution < -0.4 is 16.0 Å². The number of nitrogens with zero attached hydrogens (tertiary/aromatic N) is 5. The van der Waals surface area contributed by atoms with Crippen LogP contribution in [-0.2, 0) is 16.0 Å². The van der Waals surface area contributed by atoms with Crippen molar-refractivity contribution in [3.8, 4) is 17.1 Å². The fourth-order valence-electron chi connectivity index (χ4n) is 4.73. The predicted octanol–water partition coefficient (Wildman–Crippen LogP) is 2.08. The zero-order chi connectivity index (χ0) is 28.1. The van der Waals surface area contributed by atoms with Crippen LogP contribution in [0.25, 0.3) is 17.1 Å². The third-order valence-electron chi connectivity index (χ3n) is 7.02. The monoisotopic (exact) mass is 537 g/mol. The standard InChI is InChI=1S/C30H31N7O3/c1-35-16-18-36(19-17-35)23-11-9-22(10-12-23)25-13-15-37(34-25)29-24(8-5-14-32-29)30(40)33-26(27(38)28(31)39)20-21-6-3-2-4-7-21/h2-15,26H,16-20H2,1H3,(H2,31,39)(H,33,40). The molecule has 1 unspecified atom stereocenters. The minimum Gasteiger partial charge on any atom is -0.369 e. The van der Waals surface area contributed by atoms with E-state index >= 15 is 0 Å². The number of pyridine rings is 1. The molecule has 40 heavy (non-hydrogen) atoms. The van der Waals surface area contributed by atoms with Crippen molar-refractivity contribution in [2.45, 2.75) is 12.5 Å². The molecule has 0 radical (unpaired) electrons. The fourth-order valence-corrected chi connectivity index (χ4v) is 4.73. The quantitative estimate of drug-likeness (QED) is 0.313. The first kappa shape index (κ1) is 26.8. The van der Waals surface area contributed by atoms with E-state index in [0.717, 1.165) is 43.0 Å². The molecular weight excluding hydrogens is 506 g/mol. The van der Waals surface area contributed by atoms with Gasteiger partial charge in [-0.15, -0.1) is 0 Å². The number of carbonyl (C=O) groups is 3. The molecule has 3 heterocycles. The molecular formula is C30H31N7O3. The van der Waals surface area contributed by atoms with Crippen molar-refractivity contribution < 1.29 is 14.4 Å². The second-order valence-electron chi connectivity index (χ2n) is 9.80. The minimum atomic E-state index is -1.12. The predicted molar refractivity (Wildman–Crippen MR) is 152 cm³/mol. The number of nitrogens with one attached hydrogen (secondary N) is 1. The fraction of sp³-hybridized carbons (Fsp3) is 0.233. The molecule has 10 nitrogen and oxygen atoms in total. The summed E-state index contributed by atoms with van der Waals surface area (Å²) in [5.41, 5.74) is 9.10. The molecule has 1 saturated heterocycles. The average molecular weight is 538 g/mol.